The Labute approximate surface area is 178 Å². The van der Waals surface area contributed by atoms with Gasteiger partial charge in [0.15, 0.2) is 0 Å². The SMILES string of the molecule is C[C@]1(CO)CCC[C@@]2(C)[C@H]1[C@H](OC(=O)c1ccc(-n3oo3)cc1)C=C1C(=O)OC[C@@]12O. The van der Waals surface area contributed by atoms with Gasteiger partial charge in [-0.15, -0.1) is 9.36 Å². The Morgan fingerprint density at radius 3 is 2.58 bits per heavy atom. The van der Waals surface area contributed by atoms with E-state index in [1.807, 2.05) is 13.8 Å². The molecule has 2 heterocycles. The highest BCUT2D eigenvalue weighted by molar-refractivity contribution is 5.94. The van der Waals surface area contributed by atoms with Crippen LogP contribution in [0, 0.1) is 16.7 Å². The van der Waals surface area contributed by atoms with E-state index >= 15 is 0 Å². The number of aliphatic hydroxyl groups is 2. The molecule has 1 saturated carbocycles. The number of carbonyl (C=O) groups excluding carboxylic acids is 2. The van der Waals surface area contributed by atoms with Crippen molar-refractivity contribution in [2.45, 2.75) is 44.8 Å². The maximum Gasteiger partial charge on any atom is 0.338 e. The molecule has 0 spiro atoms. The summed E-state index contributed by atoms with van der Waals surface area (Å²) in [6.45, 7) is 3.59. The van der Waals surface area contributed by atoms with Crippen molar-refractivity contribution < 1.29 is 38.6 Å². The Balaban J connectivity index is 1.52. The van der Waals surface area contributed by atoms with Gasteiger partial charge in [0.2, 0.25) is 0 Å². The summed E-state index contributed by atoms with van der Waals surface area (Å²) in [7, 11) is 0. The molecule has 2 fully saturated rings. The van der Waals surface area contributed by atoms with Crippen molar-refractivity contribution in [2.24, 2.45) is 16.7 Å². The zero-order valence-electron chi connectivity index (χ0n) is 17.4. The highest BCUT2D eigenvalue weighted by Gasteiger charge is 2.68. The van der Waals surface area contributed by atoms with Gasteiger partial charge in [0.1, 0.15) is 24.0 Å². The summed E-state index contributed by atoms with van der Waals surface area (Å²) < 4.78 is 20.3. The molecule has 2 aliphatic carbocycles. The second-order valence-electron chi connectivity index (χ2n) is 9.40. The van der Waals surface area contributed by atoms with Gasteiger partial charge in [-0.3, -0.25) is 0 Å². The first-order valence-electron chi connectivity index (χ1n) is 10.4. The highest BCUT2D eigenvalue weighted by atomic mass is 17.3. The van der Waals surface area contributed by atoms with Gasteiger partial charge in [-0.25, -0.2) is 9.59 Å². The first kappa shape index (κ1) is 20.1. The van der Waals surface area contributed by atoms with Gasteiger partial charge in [-0.2, -0.15) is 0 Å². The Morgan fingerprint density at radius 2 is 1.94 bits per heavy atom. The third-order valence-electron chi connectivity index (χ3n) is 7.63. The minimum Gasteiger partial charge on any atom is -0.459 e. The Kier molecular flexibility index (Phi) is 4.29. The highest BCUT2D eigenvalue weighted by Crippen LogP contribution is 2.63. The average molecular weight is 431 g/mol. The summed E-state index contributed by atoms with van der Waals surface area (Å²) in [4.78, 5) is 26.6. The molecular weight excluding hydrogens is 406 g/mol. The second kappa shape index (κ2) is 6.61. The summed E-state index contributed by atoms with van der Waals surface area (Å²) in [6.07, 6.45) is 2.84. The van der Waals surface area contributed by atoms with Crippen LogP contribution >= 0.6 is 0 Å². The van der Waals surface area contributed by atoms with Crippen LogP contribution in [-0.4, -0.2) is 52.0 Å². The van der Waals surface area contributed by atoms with E-state index < -0.39 is 40.4 Å². The molecule has 1 aromatic heterocycles. The summed E-state index contributed by atoms with van der Waals surface area (Å²) in [5, 5.41) is 21.8. The van der Waals surface area contributed by atoms with Crippen LogP contribution in [0.3, 0.4) is 0 Å². The van der Waals surface area contributed by atoms with Crippen LogP contribution in [0.15, 0.2) is 45.3 Å². The molecule has 166 valence electrons. The topological polar surface area (TPSA) is 124 Å². The molecule has 5 rings (SSSR count). The van der Waals surface area contributed by atoms with Crippen LogP contribution in [0.1, 0.15) is 43.5 Å². The number of esters is 2. The van der Waals surface area contributed by atoms with E-state index in [0.717, 1.165) is 12.8 Å². The van der Waals surface area contributed by atoms with Gasteiger partial charge in [0.25, 0.3) is 0 Å². The summed E-state index contributed by atoms with van der Waals surface area (Å²) in [5.74, 6) is -1.56. The van der Waals surface area contributed by atoms with Gasteiger partial charge >= 0.3 is 11.9 Å². The molecule has 0 amide bonds. The molecule has 2 aromatic rings. The number of aliphatic hydroxyl groups excluding tert-OH is 1. The number of benzene rings is 1. The smallest absolute Gasteiger partial charge is 0.338 e. The number of carbonyl (C=O) groups is 2. The quantitative estimate of drug-likeness (QED) is 0.558. The lowest BCUT2D eigenvalue weighted by atomic mass is 9.46. The van der Waals surface area contributed by atoms with E-state index in [9.17, 15) is 19.8 Å². The molecule has 31 heavy (non-hydrogen) atoms. The van der Waals surface area contributed by atoms with Gasteiger partial charge in [-0.1, -0.05) is 20.3 Å². The standard InChI is InChI=1S/C22H25NO8/c1-20(11-24)8-3-9-21(2)17(20)16(10-15-19(26)28-12-22(15,21)27)29-18(25)13-4-6-14(7-5-13)23-30-31-23/h4-7,10,16-17,24,27H,3,8-9,11-12H2,1-2H3/t16-,17+,20-,21+,22-/m1/s1. The fourth-order valence-electron chi connectivity index (χ4n) is 5.89. The number of nitrogens with zero attached hydrogens (tertiary/aromatic N) is 1. The van der Waals surface area contributed by atoms with Crippen LogP contribution in [0.2, 0.25) is 0 Å². The maximum atomic E-state index is 13.0. The number of rotatable bonds is 4. The third-order valence-corrected chi connectivity index (χ3v) is 7.63. The average Bonchev–Trinajstić information content (AvgIpc) is 3.55. The molecule has 1 saturated heterocycles. The number of hydrogen-bond donors (Lipinski definition) is 2. The fraction of sp³-hybridized carbons (Fsp3) is 0.545. The van der Waals surface area contributed by atoms with Crippen LogP contribution in [0.4, 0.5) is 0 Å². The minimum absolute atomic E-state index is 0.125. The van der Waals surface area contributed by atoms with E-state index in [2.05, 4.69) is 9.36 Å². The predicted octanol–water partition coefficient (Wildman–Crippen LogP) is 2.22. The monoisotopic (exact) mass is 431 g/mol. The van der Waals surface area contributed by atoms with E-state index in [0.29, 0.717) is 17.7 Å². The van der Waals surface area contributed by atoms with Crippen molar-refractivity contribution in [1.29, 1.82) is 0 Å². The second-order valence-corrected chi connectivity index (χ2v) is 9.40. The summed E-state index contributed by atoms with van der Waals surface area (Å²) >= 11 is 0. The van der Waals surface area contributed by atoms with Gasteiger partial charge in [0, 0.05) is 17.9 Å². The predicted molar refractivity (Wildman–Crippen MR) is 104 cm³/mol. The van der Waals surface area contributed by atoms with Crippen molar-refractivity contribution in [3.05, 3.63) is 41.5 Å². The molecule has 0 unspecified atom stereocenters. The first-order chi connectivity index (χ1) is 14.7. The van der Waals surface area contributed by atoms with E-state index in [4.69, 9.17) is 9.47 Å². The Bertz CT molecular complexity index is 1040. The molecule has 5 atom stereocenters. The van der Waals surface area contributed by atoms with Crippen molar-refractivity contribution in [3.8, 4) is 5.69 Å². The molecule has 2 N–H and O–H groups in total. The fourth-order valence-corrected chi connectivity index (χ4v) is 5.89. The van der Waals surface area contributed by atoms with Crippen LogP contribution < -0.4 is 0 Å². The van der Waals surface area contributed by atoms with Gasteiger partial charge < -0.3 is 19.7 Å². The molecule has 0 radical (unpaired) electrons. The van der Waals surface area contributed by atoms with E-state index in [-0.39, 0.29) is 18.8 Å². The van der Waals surface area contributed by atoms with Gasteiger partial charge in [0.05, 0.1) is 16.0 Å². The molecule has 1 aromatic carbocycles. The number of ether oxygens (including phenoxy) is 2. The van der Waals surface area contributed by atoms with Crippen molar-refractivity contribution in [1.82, 2.24) is 4.91 Å². The Morgan fingerprint density at radius 1 is 1.23 bits per heavy atom. The van der Waals surface area contributed by atoms with Gasteiger partial charge in [-0.05, 0) is 48.6 Å². The number of fused-ring (bicyclic) bond motifs is 3. The third kappa shape index (κ3) is 2.83. The number of hydrogen-bond acceptors (Lipinski definition) is 8. The van der Waals surface area contributed by atoms with Crippen LogP contribution in [0.25, 0.3) is 5.69 Å². The van der Waals surface area contributed by atoms with Crippen LogP contribution in [0.5, 0.6) is 0 Å². The van der Waals surface area contributed by atoms with E-state index in [1.54, 1.807) is 24.3 Å². The molecule has 1 aliphatic heterocycles. The Hall–Kier alpha value is -2.78. The van der Waals surface area contributed by atoms with E-state index in [1.165, 1.54) is 11.0 Å². The normalized spacial score (nSPS) is 37.0. The zero-order valence-corrected chi connectivity index (χ0v) is 17.4. The number of cyclic esters (lactones) is 1. The number of aromatic nitrogens is 1. The summed E-state index contributed by atoms with van der Waals surface area (Å²) in [5.41, 5.74) is -1.79. The summed E-state index contributed by atoms with van der Waals surface area (Å²) in [6, 6.07) is 6.48. The lowest BCUT2D eigenvalue weighted by Crippen LogP contribution is -2.65. The first-order valence-corrected chi connectivity index (χ1v) is 10.4. The van der Waals surface area contributed by atoms with Crippen LogP contribution in [-0.2, 0) is 14.3 Å². The minimum atomic E-state index is -1.48. The largest absolute Gasteiger partial charge is 0.459 e. The molecular formula is C22H25NO8. The molecule has 9 nitrogen and oxygen atoms in total. The van der Waals surface area contributed by atoms with Crippen molar-refractivity contribution >= 4 is 11.9 Å². The zero-order chi connectivity index (χ0) is 22.0. The van der Waals surface area contributed by atoms with Crippen molar-refractivity contribution in [3.63, 3.8) is 0 Å². The lowest BCUT2D eigenvalue weighted by Gasteiger charge is -2.60. The molecule has 9 heteroatoms. The molecule has 3 aliphatic rings. The molecule has 0 bridgehead atoms. The lowest BCUT2D eigenvalue weighted by molar-refractivity contribution is -0.185. The van der Waals surface area contributed by atoms with Crippen molar-refractivity contribution in [2.75, 3.05) is 13.2 Å². The maximum absolute atomic E-state index is 13.0.